The number of hydrogen-bond donors (Lipinski definition) is 1. The van der Waals surface area contributed by atoms with Crippen molar-refractivity contribution in [3.63, 3.8) is 0 Å². The molecule has 1 rings (SSSR count). The van der Waals surface area contributed by atoms with Gasteiger partial charge in [0.2, 0.25) is 0 Å². The Labute approximate surface area is 63.1 Å². The van der Waals surface area contributed by atoms with Crippen LogP contribution in [0.5, 0.6) is 0 Å². The van der Waals surface area contributed by atoms with Gasteiger partial charge in [-0.2, -0.15) is 0 Å². The quantitative estimate of drug-likeness (QED) is 0.489. The van der Waals surface area contributed by atoms with Crippen LogP contribution in [0.3, 0.4) is 0 Å². The maximum absolute atomic E-state index is 3.18. The third-order valence-corrected chi connectivity index (χ3v) is 2.43. The zero-order valence-corrected chi connectivity index (χ0v) is 7.14. The summed E-state index contributed by atoms with van der Waals surface area (Å²) in [4.78, 5) is 2.18. The highest BCUT2D eigenvalue weighted by atomic mass is 127. The van der Waals surface area contributed by atoms with Crippen LogP contribution in [0.2, 0.25) is 0 Å². The Balaban J connectivity index is 2.59. The highest BCUT2D eigenvalue weighted by molar-refractivity contribution is 14.1. The van der Waals surface area contributed by atoms with Gasteiger partial charge in [-0.1, -0.05) is 0 Å². The van der Waals surface area contributed by atoms with E-state index in [-0.39, 0.29) is 0 Å². The van der Waals surface area contributed by atoms with Crippen molar-refractivity contribution in [2.45, 2.75) is 13.1 Å². The third-order valence-electron chi connectivity index (χ3n) is 1.36. The predicted molar refractivity (Wildman–Crippen MR) is 42.5 cm³/mol. The minimum absolute atomic E-state index is 0.474. The Morgan fingerprint density at radius 3 is 2.62 bits per heavy atom. The zero-order valence-electron chi connectivity index (χ0n) is 4.98. The summed E-state index contributed by atoms with van der Waals surface area (Å²) in [7, 11) is 2.07. The van der Waals surface area contributed by atoms with Gasteiger partial charge in [-0.25, -0.2) is 0 Å². The molecule has 1 heterocycles. The molecule has 0 spiro atoms. The summed E-state index contributed by atoms with van der Waals surface area (Å²) in [6.07, 6.45) is 2.49. The van der Waals surface area contributed by atoms with Crippen LogP contribution < -0.4 is 5.32 Å². The Kier molecular flexibility index (Phi) is 1.65. The van der Waals surface area contributed by atoms with Crippen LogP contribution in [0.15, 0.2) is 9.90 Å². The van der Waals surface area contributed by atoms with E-state index < -0.39 is 0 Å². The van der Waals surface area contributed by atoms with Crippen molar-refractivity contribution in [3.8, 4) is 0 Å². The van der Waals surface area contributed by atoms with Crippen molar-refractivity contribution in [2.75, 3.05) is 7.05 Å². The topological polar surface area (TPSA) is 15.3 Å². The molecule has 0 fully saturated rings. The number of rotatable bonds is 0. The Bertz CT molecular complexity index is 122. The van der Waals surface area contributed by atoms with Gasteiger partial charge in [-0.15, -0.1) is 0 Å². The Hall–Kier alpha value is 0.0700. The first-order valence-electron chi connectivity index (χ1n) is 2.56. The summed E-state index contributed by atoms with van der Waals surface area (Å²) < 4.78 is 1.27. The molecule has 46 valence electrons. The van der Waals surface area contributed by atoms with E-state index >= 15 is 0 Å². The molecule has 0 bridgehead atoms. The van der Waals surface area contributed by atoms with Crippen molar-refractivity contribution in [1.29, 1.82) is 0 Å². The van der Waals surface area contributed by atoms with E-state index in [0.717, 1.165) is 0 Å². The fraction of sp³-hybridized carbons (Fsp3) is 0.600. The molecule has 0 saturated heterocycles. The smallest absolute Gasteiger partial charge is 0.0958 e. The molecule has 0 aromatic carbocycles. The van der Waals surface area contributed by atoms with Gasteiger partial charge in [0.25, 0.3) is 0 Å². The van der Waals surface area contributed by atoms with E-state index in [1.165, 1.54) is 3.70 Å². The van der Waals surface area contributed by atoms with E-state index in [0.29, 0.717) is 6.17 Å². The summed E-state index contributed by atoms with van der Waals surface area (Å²) in [6, 6.07) is 0. The van der Waals surface area contributed by atoms with Crippen LogP contribution in [0.1, 0.15) is 6.92 Å². The first-order valence-corrected chi connectivity index (χ1v) is 3.64. The van der Waals surface area contributed by atoms with Crippen LogP contribution in [-0.2, 0) is 0 Å². The average Bonchev–Trinajstić information content (AvgIpc) is 1.98. The average molecular weight is 224 g/mol. The van der Waals surface area contributed by atoms with E-state index in [2.05, 4.69) is 46.8 Å². The lowest BCUT2D eigenvalue weighted by Crippen LogP contribution is -2.29. The highest BCUT2D eigenvalue weighted by Crippen LogP contribution is 2.16. The van der Waals surface area contributed by atoms with Crippen molar-refractivity contribution in [1.82, 2.24) is 10.2 Å². The minimum Gasteiger partial charge on any atom is -0.369 e. The molecule has 1 aliphatic rings. The minimum atomic E-state index is 0.474. The van der Waals surface area contributed by atoms with Gasteiger partial charge in [0.05, 0.1) is 9.87 Å². The standard InChI is InChI=1S/C5H9IN2/c1-4-7-3-5(6)8(4)2/h3-4,7H,1-2H3. The first-order chi connectivity index (χ1) is 3.72. The van der Waals surface area contributed by atoms with Gasteiger partial charge in [0.15, 0.2) is 0 Å². The van der Waals surface area contributed by atoms with Crippen molar-refractivity contribution in [3.05, 3.63) is 9.90 Å². The van der Waals surface area contributed by atoms with E-state index in [1.54, 1.807) is 0 Å². The molecule has 0 amide bonds. The van der Waals surface area contributed by atoms with Gasteiger partial charge >= 0.3 is 0 Å². The lowest BCUT2D eigenvalue weighted by Gasteiger charge is -2.17. The van der Waals surface area contributed by atoms with Gasteiger partial charge < -0.3 is 10.2 Å². The maximum atomic E-state index is 3.18. The van der Waals surface area contributed by atoms with E-state index in [1.807, 2.05) is 6.20 Å². The summed E-state index contributed by atoms with van der Waals surface area (Å²) in [6.45, 7) is 2.13. The van der Waals surface area contributed by atoms with Gasteiger partial charge in [-0.05, 0) is 29.5 Å². The number of hydrogen-bond acceptors (Lipinski definition) is 2. The van der Waals surface area contributed by atoms with Crippen LogP contribution in [0.25, 0.3) is 0 Å². The molecule has 1 atom stereocenters. The third kappa shape index (κ3) is 0.913. The summed E-state index contributed by atoms with van der Waals surface area (Å²) in [5, 5.41) is 3.18. The number of halogens is 1. The second-order valence-corrected chi connectivity index (χ2v) is 3.03. The molecule has 0 aromatic rings. The second-order valence-electron chi connectivity index (χ2n) is 1.92. The van der Waals surface area contributed by atoms with Crippen molar-refractivity contribution in [2.24, 2.45) is 0 Å². The first kappa shape index (κ1) is 6.19. The summed E-state index contributed by atoms with van der Waals surface area (Å²) in [5.41, 5.74) is 0. The molecule has 1 aliphatic heterocycles. The molecule has 0 aliphatic carbocycles. The molecular weight excluding hydrogens is 215 g/mol. The molecule has 0 radical (unpaired) electrons. The van der Waals surface area contributed by atoms with E-state index in [9.17, 15) is 0 Å². The van der Waals surface area contributed by atoms with Gasteiger partial charge in [-0.3, -0.25) is 0 Å². The molecule has 1 unspecified atom stereocenters. The SMILES string of the molecule is CC1NC=C(I)N1C. The lowest BCUT2D eigenvalue weighted by molar-refractivity contribution is 0.353. The van der Waals surface area contributed by atoms with Gasteiger partial charge in [0.1, 0.15) is 0 Å². The molecular formula is C5H9IN2. The van der Waals surface area contributed by atoms with Gasteiger partial charge in [0, 0.05) is 13.2 Å². The van der Waals surface area contributed by atoms with Crippen LogP contribution in [0.4, 0.5) is 0 Å². The molecule has 0 saturated carbocycles. The van der Waals surface area contributed by atoms with E-state index in [4.69, 9.17) is 0 Å². The largest absolute Gasteiger partial charge is 0.369 e. The number of nitrogens with zero attached hydrogens (tertiary/aromatic N) is 1. The normalized spacial score (nSPS) is 27.6. The summed E-state index contributed by atoms with van der Waals surface area (Å²) >= 11 is 2.30. The summed E-state index contributed by atoms with van der Waals surface area (Å²) in [5.74, 6) is 0. The van der Waals surface area contributed by atoms with Crippen LogP contribution >= 0.6 is 22.6 Å². The molecule has 8 heavy (non-hydrogen) atoms. The molecule has 3 heteroatoms. The van der Waals surface area contributed by atoms with Crippen LogP contribution in [0, 0.1) is 0 Å². The predicted octanol–water partition coefficient (Wildman–Crippen LogP) is 1.10. The molecule has 1 N–H and O–H groups in total. The Morgan fingerprint density at radius 2 is 2.50 bits per heavy atom. The highest BCUT2D eigenvalue weighted by Gasteiger charge is 2.13. The molecule has 2 nitrogen and oxygen atoms in total. The fourth-order valence-corrected chi connectivity index (χ4v) is 1.19. The molecule has 0 aromatic heterocycles. The van der Waals surface area contributed by atoms with Crippen LogP contribution in [-0.4, -0.2) is 18.1 Å². The zero-order chi connectivity index (χ0) is 6.15. The van der Waals surface area contributed by atoms with Crippen molar-refractivity contribution >= 4 is 22.6 Å². The fourth-order valence-electron chi connectivity index (χ4n) is 0.588. The maximum Gasteiger partial charge on any atom is 0.0958 e. The number of nitrogens with one attached hydrogen (secondary N) is 1. The second kappa shape index (κ2) is 2.13. The Morgan fingerprint density at radius 1 is 1.88 bits per heavy atom. The monoisotopic (exact) mass is 224 g/mol. The lowest BCUT2D eigenvalue weighted by atomic mass is 10.6. The van der Waals surface area contributed by atoms with Crippen molar-refractivity contribution < 1.29 is 0 Å².